The SMILES string of the molecule is C=CCON=C(C)C1=C(O)C(C)(C)C(=O)C(C)(C)C1=O. The van der Waals surface area contributed by atoms with E-state index in [4.69, 9.17) is 4.84 Å². The third-order valence-electron chi connectivity index (χ3n) is 3.51. The van der Waals surface area contributed by atoms with Gasteiger partial charge in [0.2, 0.25) is 0 Å². The molecule has 0 fully saturated rings. The van der Waals surface area contributed by atoms with E-state index < -0.39 is 16.6 Å². The number of nitrogens with zero attached hydrogens (tertiary/aromatic N) is 1. The van der Waals surface area contributed by atoms with Crippen LogP contribution in [0.5, 0.6) is 0 Å². The summed E-state index contributed by atoms with van der Waals surface area (Å²) in [6.45, 7) is 11.6. The minimum Gasteiger partial charge on any atom is -0.510 e. The van der Waals surface area contributed by atoms with E-state index in [1.54, 1.807) is 34.6 Å². The van der Waals surface area contributed by atoms with Gasteiger partial charge in [0.25, 0.3) is 0 Å². The summed E-state index contributed by atoms with van der Waals surface area (Å²) in [5.41, 5.74) is -2.01. The Kier molecular flexibility index (Phi) is 4.22. The van der Waals surface area contributed by atoms with Crippen LogP contribution in [0.1, 0.15) is 34.6 Å². The van der Waals surface area contributed by atoms with Crippen molar-refractivity contribution in [3.8, 4) is 0 Å². The van der Waals surface area contributed by atoms with Crippen molar-refractivity contribution >= 4 is 17.3 Å². The van der Waals surface area contributed by atoms with Gasteiger partial charge in [-0.2, -0.15) is 0 Å². The number of ketones is 2. The molecular formula is C15H21NO4. The topological polar surface area (TPSA) is 76.0 Å². The lowest BCUT2D eigenvalue weighted by molar-refractivity contribution is -0.144. The molecule has 0 amide bonds. The van der Waals surface area contributed by atoms with Crippen molar-refractivity contribution in [2.45, 2.75) is 34.6 Å². The van der Waals surface area contributed by atoms with Gasteiger partial charge in [-0.3, -0.25) is 9.59 Å². The summed E-state index contributed by atoms with van der Waals surface area (Å²) >= 11 is 0. The summed E-state index contributed by atoms with van der Waals surface area (Å²) < 4.78 is 0. The second-order valence-corrected chi connectivity index (χ2v) is 5.89. The number of rotatable bonds is 4. The van der Waals surface area contributed by atoms with Crippen molar-refractivity contribution in [1.82, 2.24) is 0 Å². The van der Waals surface area contributed by atoms with E-state index in [0.717, 1.165) is 0 Å². The molecular weight excluding hydrogens is 258 g/mol. The molecule has 0 aromatic heterocycles. The first-order chi connectivity index (χ1) is 9.08. The number of aliphatic hydroxyl groups excluding tert-OH is 1. The van der Waals surface area contributed by atoms with Crippen LogP contribution < -0.4 is 0 Å². The van der Waals surface area contributed by atoms with Gasteiger partial charge in [0, 0.05) is 0 Å². The van der Waals surface area contributed by atoms with E-state index in [9.17, 15) is 14.7 Å². The quantitative estimate of drug-likeness (QED) is 0.282. The smallest absolute Gasteiger partial charge is 0.181 e. The predicted molar refractivity (Wildman–Crippen MR) is 76.5 cm³/mol. The number of oxime groups is 1. The summed E-state index contributed by atoms with van der Waals surface area (Å²) in [6.07, 6.45) is 1.52. The molecule has 20 heavy (non-hydrogen) atoms. The van der Waals surface area contributed by atoms with Crippen molar-refractivity contribution in [1.29, 1.82) is 0 Å². The Bertz CT molecular complexity index is 524. The first-order valence-corrected chi connectivity index (χ1v) is 6.39. The average Bonchev–Trinajstić information content (AvgIpc) is 2.36. The molecule has 5 heteroatoms. The van der Waals surface area contributed by atoms with Gasteiger partial charge in [0.1, 0.15) is 12.4 Å². The fourth-order valence-corrected chi connectivity index (χ4v) is 2.29. The van der Waals surface area contributed by atoms with Gasteiger partial charge in [-0.05, 0) is 34.6 Å². The standard InChI is InChI=1S/C15H21NO4/c1-7-8-20-16-9(2)10-11(17)14(3,4)13(19)15(5,6)12(10)18/h7,17H,1,8H2,2-6H3. The van der Waals surface area contributed by atoms with Crippen LogP contribution in [0.15, 0.2) is 29.1 Å². The van der Waals surface area contributed by atoms with Gasteiger partial charge in [-0.25, -0.2) is 0 Å². The molecule has 0 unspecified atom stereocenters. The number of carbonyl (C=O) groups excluding carboxylic acids is 2. The molecule has 0 atom stereocenters. The number of aliphatic hydroxyl groups is 1. The van der Waals surface area contributed by atoms with Crippen LogP contribution >= 0.6 is 0 Å². The third-order valence-corrected chi connectivity index (χ3v) is 3.51. The molecule has 0 aliphatic heterocycles. The Morgan fingerprint density at radius 2 is 1.85 bits per heavy atom. The van der Waals surface area contributed by atoms with Crippen molar-refractivity contribution in [3.05, 3.63) is 24.0 Å². The van der Waals surface area contributed by atoms with Crippen LogP contribution in [0.4, 0.5) is 0 Å². The molecule has 110 valence electrons. The molecule has 5 nitrogen and oxygen atoms in total. The molecule has 1 aliphatic rings. The third kappa shape index (κ3) is 2.40. The number of Topliss-reactive ketones (excluding diaryl/α,β-unsaturated/α-hetero) is 2. The Morgan fingerprint density at radius 3 is 2.35 bits per heavy atom. The molecule has 1 rings (SSSR count). The average molecular weight is 279 g/mol. The maximum Gasteiger partial charge on any atom is 0.181 e. The molecule has 0 saturated heterocycles. The lowest BCUT2D eigenvalue weighted by Crippen LogP contribution is -2.49. The summed E-state index contributed by atoms with van der Waals surface area (Å²) in [6, 6.07) is 0. The van der Waals surface area contributed by atoms with Crippen molar-refractivity contribution in [2.24, 2.45) is 16.0 Å². The highest BCUT2D eigenvalue weighted by Crippen LogP contribution is 2.43. The number of carbonyl (C=O) groups is 2. The van der Waals surface area contributed by atoms with Crippen LogP contribution in [0, 0.1) is 10.8 Å². The number of allylic oxidation sites excluding steroid dienone is 2. The van der Waals surface area contributed by atoms with Crippen molar-refractivity contribution in [3.63, 3.8) is 0 Å². The largest absolute Gasteiger partial charge is 0.510 e. The number of hydrogen-bond donors (Lipinski definition) is 1. The van der Waals surface area contributed by atoms with E-state index in [2.05, 4.69) is 11.7 Å². The first kappa shape index (κ1) is 16.1. The Balaban J connectivity index is 3.38. The summed E-state index contributed by atoms with van der Waals surface area (Å²) in [5.74, 6) is -1.01. The van der Waals surface area contributed by atoms with Crippen molar-refractivity contribution in [2.75, 3.05) is 6.61 Å². The zero-order chi connectivity index (χ0) is 15.7. The molecule has 0 saturated carbocycles. The summed E-state index contributed by atoms with van der Waals surface area (Å²) in [4.78, 5) is 29.7. The molecule has 0 radical (unpaired) electrons. The minimum atomic E-state index is -1.19. The monoisotopic (exact) mass is 279 g/mol. The molecule has 0 aromatic carbocycles. The maximum atomic E-state index is 12.4. The van der Waals surface area contributed by atoms with E-state index in [-0.39, 0.29) is 29.4 Å². The van der Waals surface area contributed by atoms with Gasteiger partial charge in [0.15, 0.2) is 11.6 Å². The lowest BCUT2D eigenvalue weighted by atomic mass is 9.63. The van der Waals surface area contributed by atoms with Crippen LogP contribution in [0.3, 0.4) is 0 Å². The zero-order valence-electron chi connectivity index (χ0n) is 12.6. The van der Waals surface area contributed by atoms with Crippen LogP contribution in [0.2, 0.25) is 0 Å². The van der Waals surface area contributed by atoms with E-state index in [1.165, 1.54) is 6.08 Å². The number of hydrogen-bond acceptors (Lipinski definition) is 5. The van der Waals surface area contributed by atoms with Gasteiger partial charge >= 0.3 is 0 Å². The van der Waals surface area contributed by atoms with Gasteiger partial charge in [-0.15, -0.1) is 0 Å². The molecule has 0 spiro atoms. The van der Waals surface area contributed by atoms with Gasteiger partial charge in [-0.1, -0.05) is 17.8 Å². The Morgan fingerprint density at radius 1 is 1.30 bits per heavy atom. The Hall–Kier alpha value is -1.91. The molecule has 1 aliphatic carbocycles. The first-order valence-electron chi connectivity index (χ1n) is 6.39. The fraction of sp³-hybridized carbons (Fsp3) is 0.533. The highest BCUT2D eigenvalue weighted by molar-refractivity contribution is 6.31. The van der Waals surface area contributed by atoms with Crippen LogP contribution in [-0.4, -0.2) is 29.0 Å². The molecule has 1 N–H and O–H groups in total. The molecule has 0 aromatic rings. The second-order valence-electron chi connectivity index (χ2n) is 5.89. The van der Waals surface area contributed by atoms with Crippen LogP contribution in [0.25, 0.3) is 0 Å². The highest BCUT2D eigenvalue weighted by Gasteiger charge is 2.53. The minimum absolute atomic E-state index is 0.0589. The van der Waals surface area contributed by atoms with Crippen molar-refractivity contribution < 1.29 is 19.5 Å². The van der Waals surface area contributed by atoms with Gasteiger partial charge < -0.3 is 9.94 Å². The van der Waals surface area contributed by atoms with E-state index >= 15 is 0 Å². The molecule has 0 heterocycles. The zero-order valence-corrected chi connectivity index (χ0v) is 12.6. The molecule has 0 bridgehead atoms. The highest BCUT2D eigenvalue weighted by atomic mass is 16.6. The lowest BCUT2D eigenvalue weighted by Gasteiger charge is -2.38. The Labute approximate surface area is 119 Å². The van der Waals surface area contributed by atoms with E-state index in [1.807, 2.05) is 0 Å². The normalized spacial score (nSPS) is 21.9. The second kappa shape index (κ2) is 5.23. The summed E-state index contributed by atoms with van der Waals surface area (Å²) in [7, 11) is 0. The van der Waals surface area contributed by atoms with Gasteiger partial charge in [0.05, 0.1) is 22.1 Å². The van der Waals surface area contributed by atoms with E-state index in [0.29, 0.717) is 0 Å². The summed E-state index contributed by atoms with van der Waals surface area (Å²) in [5, 5.41) is 14.1. The maximum absolute atomic E-state index is 12.4. The van der Waals surface area contributed by atoms with Crippen LogP contribution in [-0.2, 0) is 14.4 Å². The predicted octanol–water partition coefficient (Wildman–Crippen LogP) is 2.58. The fourth-order valence-electron chi connectivity index (χ4n) is 2.29.